The molecule has 1 aliphatic heterocycles. The lowest BCUT2D eigenvalue weighted by atomic mass is 10.3. The zero-order chi connectivity index (χ0) is 14.5. The van der Waals surface area contributed by atoms with Crippen molar-refractivity contribution >= 4 is 28.1 Å². The molecule has 3 rings (SSSR count). The number of nitrogens with zero attached hydrogens (tertiary/aromatic N) is 3. The van der Waals surface area contributed by atoms with Crippen molar-refractivity contribution in [3.63, 3.8) is 0 Å². The molecule has 8 heteroatoms. The van der Waals surface area contributed by atoms with Crippen molar-refractivity contribution in [1.29, 1.82) is 0 Å². The number of ether oxygens (including phenoxy) is 1. The van der Waals surface area contributed by atoms with E-state index in [2.05, 4.69) is 20.3 Å². The van der Waals surface area contributed by atoms with Gasteiger partial charge in [0.25, 0.3) is 5.91 Å². The highest BCUT2D eigenvalue weighted by atomic mass is 32.1. The topological polar surface area (TPSA) is 79.4 Å². The lowest BCUT2D eigenvalue weighted by Gasteiger charge is -2.26. The normalized spacial score (nSPS) is 15.6. The van der Waals surface area contributed by atoms with Crippen LogP contribution in [-0.4, -0.2) is 46.8 Å². The van der Waals surface area contributed by atoms with Crippen LogP contribution in [0.1, 0.15) is 10.5 Å². The number of hydrogen-bond donors (Lipinski definition) is 2. The Kier molecular flexibility index (Phi) is 4.39. The number of nitrogens with one attached hydrogen (secondary N) is 2. The highest BCUT2D eigenvalue weighted by Crippen LogP contribution is 2.22. The van der Waals surface area contributed by atoms with E-state index in [9.17, 15) is 4.79 Å². The first kappa shape index (κ1) is 13.9. The van der Waals surface area contributed by atoms with Gasteiger partial charge in [-0.15, -0.1) is 5.10 Å². The van der Waals surface area contributed by atoms with Gasteiger partial charge in [0.1, 0.15) is 5.00 Å². The first-order valence-corrected chi connectivity index (χ1v) is 7.38. The molecule has 0 unspecified atom stereocenters. The molecule has 1 aliphatic rings. The van der Waals surface area contributed by atoms with Crippen molar-refractivity contribution in [3.05, 3.63) is 36.0 Å². The van der Waals surface area contributed by atoms with E-state index in [1.165, 1.54) is 0 Å². The van der Waals surface area contributed by atoms with Crippen molar-refractivity contribution < 1.29 is 9.53 Å². The molecule has 1 fully saturated rings. The predicted molar refractivity (Wildman–Crippen MR) is 79.5 cm³/mol. The van der Waals surface area contributed by atoms with Gasteiger partial charge in [-0.05, 0) is 12.1 Å². The molecular weight excluding hydrogens is 290 g/mol. The highest BCUT2D eigenvalue weighted by Gasteiger charge is 2.20. The first-order chi connectivity index (χ1) is 10.3. The van der Waals surface area contributed by atoms with Crippen LogP contribution in [0.5, 0.6) is 0 Å². The van der Waals surface area contributed by atoms with Crippen molar-refractivity contribution in [2.75, 3.05) is 31.6 Å². The van der Waals surface area contributed by atoms with Crippen LogP contribution < -0.4 is 10.7 Å². The van der Waals surface area contributed by atoms with E-state index in [4.69, 9.17) is 4.74 Å². The summed E-state index contributed by atoms with van der Waals surface area (Å²) in [6.07, 6.45) is 0. The average Bonchev–Trinajstić information content (AvgIpc) is 2.97. The molecule has 21 heavy (non-hydrogen) atoms. The SMILES string of the molecule is O=C(NN1CCOCC1)c1nnsc1Nc1ccccc1. The molecule has 2 heterocycles. The number of carbonyl (C=O) groups is 1. The summed E-state index contributed by atoms with van der Waals surface area (Å²) in [5.74, 6) is -0.260. The summed E-state index contributed by atoms with van der Waals surface area (Å²) in [6, 6.07) is 9.61. The van der Waals surface area contributed by atoms with E-state index < -0.39 is 0 Å². The molecular formula is C13H15N5O2S. The third kappa shape index (κ3) is 3.54. The Bertz CT molecular complexity index is 598. The fourth-order valence-electron chi connectivity index (χ4n) is 1.95. The van der Waals surface area contributed by atoms with Crippen LogP contribution in [-0.2, 0) is 4.74 Å². The average molecular weight is 305 g/mol. The van der Waals surface area contributed by atoms with Crippen molar-refractivity contribution in [2.24, 2.45) is 0 Å². The summed E-state index contributed by atoms with van der Waals surface area (Å²) in [4.78, 5) is 12.3. The number of amides is 1. The van der Waals surface area contributed by atoms with Crippen molar-refractivity contribution in [1.82, 2.24) is 20.0 Å². The molecule has 1 saturated heterocycles. The second kappa shape index (κ2) is 6.61. The zero-order valence-electron chi connectivity index (χ0n) is 11.3. The van der Waals surface area contributed by atoms with E-state index in [-0.39, 0.29) is 5.91 Å². The van der Waals surface area contributed by atoms with Gasteiger partial charge in [0.15, 0.2) is 5.69 Å². The van der Waals surface area contributed by atoms with Crippen LogP contribution in [0.15, 0.2) is 30.3 Å². The molecule has 0 spiro atoms. The van der Waals surface area contributed by atoms with Gasteiger partial charge in [-0.3, -0.25) is 10.2 Å². The molecule has 0 radical (unpaired) electrons. The Morgan fingerprint density at radius 2 is 2.00 bits per heavy atom. The molecule has 0 bridgehead atoms. The maximum absolute atomic E-state index is 12.3. The van der Waals surface area contributed by atoms with Gasteiger partial charge < -0.3 is 10.1 Å². The minimum Gasteiger partial charge on any atom is -0.379 e. The molecule has 1 aromatic carbocycles. The van der Waals surface area contributed by atoms with E-state index in [1.807, 2.05) is 35.3 Å². The Hall–Kier alpha value is -2.03. The predicted octanol–water partition coefficient (Wildman–Crippen LogP) is 1.26. The Labute approximate surface area is 126 Å². The number of hydrogen-bond acceptors (Lipinski definition) is 7. The summed E-state index contributed by atoms with van der Waals surface area (Å²) in [5, 5.41) is 9.54. The van der Waals surface area contributed by atoms with Gasteiger partial charge in [0, 0.05) is 30.3 Å². The Morgan fingerprint density at radius 1 is 1.24 bits per heavy atom. The van der Waals surface area contributed by atoms with E-state index >= 15 is 0 Å². The number of carbonyl (C=O) groups excluding carboxylic acids is 1. The smallest absolute Gasteiger partial charge is 0.289 e. The molecule has 2 aromatic rings. The number of benzene rings is 1. The van der Waals surface area contributed by atoms with Gasteiger partial charge in [0.2, 0.25) is 0 Å². The second-order valence-electron chi connectivity index (χ2n) is 4.48. The van der Waals surface area contributed by atoms with Crippen LogP contribution in [0.25, 0.3) is 0 Å². The molecule has 1 aromatic heterocycles. The summed E-state index contributed by atoms with van der Waals surface area (Å²) < 4.78 is 9.10. The lowest BCUT2D eigenvalue weighted by molar-refractivity contribution is 0.0125. The summed E-state index contributed by atoms with van der Waals surface area (Å²) in [5.41, 5.74) is 4.02. The van der Waals surface area contributed by atoms with Crippen LogP contribution in [0.2, 0.25) is 0 Å². The Morgan fingerprint density at radius 3 is 2.76 bits per heavy atom. The van der Waals surface area contributed by atoms with E-state index in [0.29, 0.717) is 37.0 Å². The first-order valence-electron chi connectivity index (χ1n) is 6.61. The largest absolute Gasteiger partial charge is 0.379 e. The number of rotatable bonds is 4. The van der Waals surface area contributed by atoms with E-state index in [1.54, 1.807) is 0 Å². The second-order valence-corrected chi connectivity index (χ2v) is 5.24. The monoisotopic (exact) mass is 305 g/mol. The number of anilines is 2. The van der Waals surface area contributed by atoms with Gasteiger partial charge in [-0.25, -0.2) is 5.01 Å². The Balaban J connectivity index is 1.68. The minimum atomic E-state index is -0.260. The summed E-state index contributed by atoms with van der Waals surface area (Å²) in [6.45, 7) is 2.57. The van der Waals surface area contributed by atoms with Crippen LogP contribution >= 0.6 is 11.5 Å². The number of morpholine rings is 1. The molecule has 110 valence electrons. The molecule has 2 N–H and O–H groups in total. The standard InChI is InChI=1S/C13H15N5O2S/c19-12(16-18-6-8-20-9-7-18)11-13(21-17-15-11)14-10-4-2-1-3-5-10/h1-5,14H,6-9H2,(H,16,19). The number of para-hydroxylation sites is 1. The van der Waals surface area contributed by atoms with Gasteiger partial charge >= 0.3 is 0 Å². The van der Waals surface area contributed by atoms with Gasteiger partial charge in [0.05, 0.1) is 13.2 Å². The molecule has 0 aliphatic carbocycles. The number of hydrazine groups is 1. The fraction of sp³-hybridized carbons (Fsp3) is 0.308. The van der Waals surface area contributed by atoms with Crippen molar-refractivity contribution in [2.45, 2.75) is 0 Å². The van der Waals surface area contributed by atoms with Crippen LogP contribution in [0.4, 0.5) is 10.7 Å². The zero-order valence-corrected chi connectivity index (χ0v) is 12.1. The third-order valence-electron chi connectivity index (χ3n) is 3.01. The van der Waals surface area contributed by atoms with Crippen LogP contribution in [0, 0.1) is 0 Å². The van der Waals surface area contributed by atoms with Crippen molar-refractivity contribution in [3.8, 4) is 0 Å². The van der Waals surface area contributed by atoms with Crippen LogP contribution in [0.3, 0.4) is 0 Å². The molecule has 1 amide bonds. The quantitative estimate of drug-likeness (QED) is 0.885. The minimum absolute atomic E-state index is 0.260. The maximum Gasteiger partial charge on any atom is 0.289 e. The third-order valence-corrected chi connectivity index (χ3v) is 3.65. The fourth-order valence-corrected chi connectivity index (χ4v) is 2.53. The van der Waals surface area contributed by atoms with Gasteiger partial charge in [-0.1, -0.05) is 22.7 Å². The maximum atomic E-state index is 12.3. The molecule has 7 nitrogen and oxygen atoms in total. The summed E-state index contributed by atoms with van der Waals surface area (Å²) >= 11 is 1.16. The van der Waals surface area contributed by atoms with E-state index in [0.717, 1.165) is 17.2 Å². The number of aromatic nitrogens is 2. The molecule has 0 atom stereocenters. The summed E-state index contributed by atoms with van der Waals surface area (Å²) in [7, 11) is 0. The van der Waals surface area contributed by atoms with Gasteiger partial charge in [-0.2, -0.15) is 0 Å². The lowest BCUT2D eigenvalue weighted by Crippen LogP contribution is -2.48. The highest BCUT2D eigenvalue weighted by molar-refractivity contribution is 7.10. The molecule has 0 saturated carbocycles.